The van der Waals surface area contributed by atoms with Crippen LogP contribution < -0.4 is 0 Å². The molecule has 6 rings (SSSR count). The molecule has 0 aliphatic carbocycles. The van der Waals surface area contributed by atoms with Crippen LogP contribution in [0.2, 0.25) is 0 Å². The quantitative estimate of drug-likeness (QED) is 0.435. The van der Waals surface area contributed by atoms with Crippen LogP contribution in [0.3, 0.4) is 0 Å². The maximum absolute atomic E-state index is 5.24. The first kappa shape index (κ1) is 14.9. The van der Waals surface area contributed by atoms with Crippen LogP contribution in [0, 0.1) is 0 Å². The lowest BCUT2D eigenvalue weighted by molar-refractivity contribution is 0.568. The largest absolute Gasteiger partial charge is 0.472 e. The molecule has 8 nitrogen and oxygen atoms in total. The Balaban J connectivity index is 1.55. The molecular formula is C20H13N7O. The molecule has 0 aliphatic rings. The molecule has 0 amide bonds. The van der Waals surface area contributed by atoms with Crippen LogP contribution in [0.15, 0.2) is 66.0 Å². The fourth-order valence-corrected chi connectivity index (χ4v) is 3.49. The van der Waals surface area contributed by atoms with E-state index in [2.05, 4.69) is 41.4 Å². The molecule has 0 atom stereocenters. The fraction of sp³-hybridized carbons (Fsp3) is 0. The van der Waals surface area contributed by atoms with Crippen LogP contribution in [-0.2, 0) is 0 Å². The molecule has 0 aliphatic heterocycles. The SMILES string of the molecule is c1cc(-c2ccoc2)c2cc(-c3n[nH]c4cnc(-c5cn[nH]c5)cc34)[nH]c2n1. The van der Waals surface area contributed by atoms with Crippen molar-refractivity contribution in [2.24, 2.45) is 0 Å². The summed E-state index contributed by atoms with van der Waals surface area (Å²) in [6, 6.07) is 8.00. The van der Waals surface area contributed by atoms with Crippen LogP contribution in [-0.4, -0.2) is 35.3 Å². The number of H-pyrrole nitrogens is 3. The summed E-state index contributed by atoms with van der Waals surface area (Å²) in [6.45, 7) is 0. The molecule has 0 radical (unpaired) electrons. The van der Waals surface area contributed by atoms with E-state index >= 15 is 0 Å². The van der Waals surface area contributed by atoms with E-state index in [9.17, 15) is 0 Å². The number of furan rings is 1. The number of pyridine rings is 2. The lowest BCUT2D eigenvalue weighted by atomic mass is 10.1. The maximum atomic E-state index is 5.24. The molecule has 6 heterocycles. The van der Waals surface area contributed by atoms with Gasteiger partial charge < -0.3 is 9.40 Å². The van der Waals surface area contributed by atoms with Gasteiger partial charge in [0.05, 0.1) is 41.8 Å². The lowest BCUT2D eigenvalue weighted by Crippen LogP contribution is -1.83. The van der Waals surface area contributed by atoms with E-state index in [1.807, 2.05) is 24.4 Å². The Morgan fingerprint density at radius 2 is 1.96 bits per heavy atom. The number of nitrogens with zero attached hydrogens (tertiary/aromatic N) is 4. The van der Waals surface area contributed by atoms with Crippen LogP contribution >= 0.6 is 0 Å². The highest BCUT2D eigenvalue weighted by Crippen LogP contribution is 2.33. The van der Waals surface area contributed by atoms with E-state index in [4.69, 9.17) is 4.42 Å². The van der Waals surface area contributed by atoms with Gasteiger partial charge in [0.25, 0.3) is 0 Å². The minimum Gasteiger partial charge on any atom is -0.472 e. The number of nitrogens with one attached hydrogen (secondary N) is 3. The van der Waals surface area contributed by atoms with Gasteiger partial charge in [-0.3, -0.25) is 15.2 Å². The van der Waals surface area contributed by atoms with Crippen molar-refractivity contribution in [3.05, 3.63) is 61.6 Å². The number of hydrogen-bond acceptors (Lipinski definition) is 5. The molecule has 8 heteroatoms. The van der Waals surface area contributed by atoms with E-state index in [-0.39, 0.29) is 0 Å². The number of hydrogen-bond donors (Lipinski definition) is 3. The van der Waals surface area contributed by atoms with Gasteiger partial charge in [0.15, 0.2) is 0 Å². The molecule has 0 unspecified atom stereocenters. The van der Waals surface area contributed by atoms with Crippen LogP contribution in [0.5, 0.6) is 0 Å². The predicted molar refractivity (Wildman–Crippen MR) is 104 cm³/mol. The zero-order chi connectivity index (χ0) is 18.5. The third-order valence-corrected chi connectivity index (χ3v) is 4.86. The Labute approximate surface area is 157 Å². The van der Waals surface area contributed by atoms with Crippen LogP contribution in [0.4, 0.5) is 0 Å². The number of aromatic amines is 3. The van der Waals surface area contributed by atoms with E-state index in [0.717, 1.165) is 55.7 Å². The first-order valence-corrected chi connectivity index (χ1v) is 8.71. The van der Waals surface area contributed by atoms with Gasteiger partial charge in [-0.1, -0.05) is 0 Å². The monoisotopic (exact) mass is 367 g/mol. The molecule has 0 saturated heterocycles. The van der Waals surface area contributed by atoms with Crippen molar-refractivity contribution in [3.8, 4) is 33.8 Å². The average molecular weight is 367 g/mol. The van der Waals surface area contributed by atoms with E-state index < -0.39 is 0 Å². The summed E-state index contributed by atoms with van der Waals surface area (Å²) in [7, 11) is 0. The Kier molecular flexibility index (Phi) is 3.01. The van der Waals surface area contributed by atoms with Crippen LogP contribution in [0.1, 0.15) is 0 Å². The Hall–Kier alpha value is -4.20. The zero-order valence-corrected chi connectivity index (χ0v) is 14.5. The standard InChI is InChI=1S/C20H13N7O/c1-3-21-20-14(13(1)11-2-4-28-10-11)5-17(25-20)19-15-6-16(12-7-23-24-8-12)22-9-18(15)26-27-19/h1-10H,(H,21,25)(H,23,24)(H,26,27). The van der Waals surface area contributed by atoms with Gasteiger partial charge in [0.1, 0.15) is 11.3 Å². The number of fused-ring (bicyclic) bond motifs is 2. The van der Waals surface area contributed by atoms with Crippen molar-refractivity contribution < 1.29 is 4.42 Å². The molecule has 0 spiro atoms. The van der Waals surface area contributed by atoms with Crippen molar-refractivity contribution >= 4 is 21.9 Å². The van der Waals surface area contributed by atoms with Gasteiger partial charge >= 0.3 is 0 Å². The lowest BCUT2D eigenvalue weighted by Gasteiger charge is -1.98. The normalized spacial score (nSPS) is 11.6. The first-order valence-electron chi connectivity index (χ1n) is 8.71. The average Bonchev–Trinajstić information content (AvgIpc) is 3.53. The third-order valence-electron chi connectivity index (χ3n) is 4.86. The molecule has 6 aromatic heterocycles. The summed E-state index contributed by atoms with van der Waals surface area (Å²) < 4.78 is 5.24. The van der Waals surface area contributed by atoms with Gasteiger partial charge in [-0.15, -0.1) is 0 Å². The maximum Gasteiger partial charge on any atom is 0.138 e. The Bertz CT molecular complexity index is 1410. The molecular weight excluding hydrogens is 354 g/mol. The number of aromatic nitrogens is 7. The van der Waals surface area contributed by atoms with Crippen molar-refractivity contribution in [2.45, 2.75) is 0 Å². The Morgan fingerprint density at radius 1 is 0.964 bits per heavy atom. The molecule has 0 fully saturated rings. The smallest absolute Gasteiger partial charge is 0.138 e. The molecule has 0 saturated carbocycles. The highest BCUT2D eigenvalue weighted by Gasteiger charge is 2.15. The second kappa shape index (κ2) is 5.65. The molecule has 0 aromatic carbocycles. The first-order chi connectivity index (χ1) is 13.9. The van der Waals surface area contributed by atoms with Crippen molar-refractivity contribution in [3.63, 3.8) is 0 Å². The molecule has 0 bridgehead atoms. The van der Waals surface area contributed by atoms with Gasteiger partial charge in [0.2, 0.25) is 0 Å². The molecule has 134 valence electrons. The van der Waals surface area contributed by atoms with E-state index in [1.165, 1.54) is 0 Å². The summed E-state index contributed by atoms with van der Waals surface area (Å²) in [5, 5.41) is 16.4. The minimum atomic E-state index is 0.800. The summed E-state index contributed by atoms with van der Waals surface area (Å²) >= 11 is 0. The van der Waals surface area contributed by atoms with E-state index in [0.29, 0.717) is 0 Å². The minimum absolute atomic E-state index is 0.800. The van der Waals surface area contributed by atoms with Gasteiger partial charge in [-0.2, -0.15) is 10.2 Å². The Morgan fingerprint density at radius 3 is 2.82 bits per heavy atom. The highest BCUT2D eigenvalue weighted by molar-refractivity contribution is 6.00. The highest BCUT2D eigenvalue weighted by atomic mass is 16.3. The number of rotatable bonds is 3. The molecule has 28 heavy (non-hydrogen) atoms. The van der Waals surface area contributed by atoms with E-state index in [1.54, 1.807) is 31.1 Å². The predicted octanol–water partition coefficient (Wildman–Crippen LogP) is 4.15. The summed E-state index contributed by atoms with van der Waals surface area (Å²) in [5.74, 6) is 0. The second-order valence-electron chi connectivity index (χ2n) is 6.49. The van der Waals surface area contributed by atoms with Gasteiger partial charge in [0, 0.05) is 34.3 Å². The summed E-state index contributed by atoms with van der Waals surface area (Å²) in [4.78, 5) is 12.3. The van der Waals surface area contributed by atoms with Crippen molar-refractivity contribution in [1.82, 2.24) is 35.3 Å². The second-order valence-corrected chi connectivity index (χ2v) is 6.49. The van der Waals surface area contributed by atoms with Crippen molar-refractivity contribution in [1.29, 1.82) is 0 Å². The zero-order valence-electron chi connectivity index (χ0n) is 14.5. The van der Waals surface area contributed by atoms with Gasteiger partial charge in [-0.25, -0.2) is 4.98 Å². The topological polar surface area (TPSA) is 112 Å². The molecule has 3 N–H and O–H groups in total. The fourth-order valence-electron chi connectivity index (χ4n) is 3.49. The van der Waals surface area contributed by atoms with Crippen LogP contribution in [0.25, 0.3) is 55.7 Å². The molecule has 6 aromatic rings. The summed E-state index contributed by atoms with van der Waals surface area (Å²) in [5.41, 5.74) is 7.19. The third kappa shape index (κ3) is 2.18. The summed E-state index contributed by atoms with van der Waals surface area (Å²) in [6.07, 6.45) is 10.5. The van der Waals surface area contributed by atoms with Crippen molar-refractivity contribution in [2.75, 3.05) is 0 Å². The van der Waals surface area contributed by atoms with Gasteiger partial charge in [-0.05, 0) is 29.8 Å².